The van der Waals surface area contributed by atoms with Crippen LogP contribution in [0.3, 0.4) is 0 Å². The molecular weight excluding hydrogens is 964 g/mol. The molecule has 2 aromatic heterocycles. The number of aryl methyl sites for hydroxylation is 1. The summed E-state index contributed by atoms with van der Waals surface area (Å²) in [6, 6.07) is 12.4. The highest BCUT2D eigenvalue weighted by atomic mass is 32.2. The number of likely N-dealkylation sites (tertiary alicyclic amines) is 1. The number of rotatable bonds is 13. The topological polar surface area (TPSA) is 185 Å². The molecule has 0 radical (unpaired) electrons. The van der Waals surface area contributed by atoms with E-state index in [4.69, 9.17) is 0 Å². The number of anilines is 4. The highest BCUT2D eigenvalue weighted by molar-refractivity contribution is 7.92. The van der Waals surface area contributed by atoms with Gasteiger partial charge in [-0.05, 0) is 79.5 Å². The number of carbonyl (C=O) groups excluding carboxylic acids is 2. The van der Waals surface area contributed by atoms with Crippen molar-refractivity contribution in [3.63, 3.8) is 0 Å². The van der Waals surface area contributed by atoms with E-state index in [1.807, 2.05) is 4.90 Å². The first-order chi connectivity index (χ1) is 33.7. The van der Waals surface area contributed by atoms with Gasteiger partial charge in [0, 0.05) is 140 Å². The molecule has 5 aliphatic rings. The first-order valence-corrected chi connectivity index (χ1v) is 27.9. The number of amides is 2. The van der Waals surface area contributed by atoms with Crippen LogP contribution in [0.15, 0.2) is 60.9 Å². The second-order valence-electron chi connectivity index (χ2n) is 20.0. The summed E-state index contributed by atoms with van der Waals surface area (Å²) in [6.07, 6.45) is -0.555. The Morgan fingerprint density at radius 3 is 1.73 bits per heavy atom. The third-order valence-electron chi connectivity index (χ3n) is 14.6. The van der Waals surface area contributed by atoms with Gasteiger partial charge < -0.3 is 24.5 Å². The zero-order chi connectivity index (χ0) is 50.4. The first-order valence-electron chi connectivity index (χ1n) is 24.3. The van der Waals surface area contributed by atoms with Crippen molar-refractivity contribution in [3.8, 4) is 0 Å². The van der Waals surface area contributed by atoms with E-state index in [0.717, 1.165) is 59.7 Å². The van der Waals surface area contributed by atoms with Crippen molar-refractivity contribution in [2.24, 2.45) is 17.8 Å². The van der Waals surface area contributed by atoms with Gasteiger partial charge in [-0.1, -0.05) is 25.1 Å². The van der Waals surface area contributed by atoms with Gasteiger partial charge in [0.25, 0.3) is 0 Å². The van der Waals surface area contributed by atoms with E-state index in [-0.39, 0.29) is 35.7 Å². The van der Waals surface area contributed by atoms with E-state index in [0.29, 0.717) is 70.9 Å². The summed E-state index contributed by atoms with van der Waals surface area (Å²) in [6.45, 7) is 16.9. The number of nitrogens with zero attached hydrogens (tertiary/aromatic N) is 11. The maximum absolute atomic E-state index is 14.5. The van der Waals surface area contributed by atoms with Crippen LogP contribution >= 0.6 is 0 Å². The Hall–Kier alpha value is -5.43. The molecule has 386 valence electrons. The minimum Gasteiger partial charge on any atom is -0.371 e. The summed E-state index contributed by atoms with van der Waals surface area (Å²) >= 11 is 0. The molecule has 3 unspecified atom stereocenters. The van der Waals surface area contributed by atoms with Crippen LogP contribution in [0.5, 0.6) is 0 Å². The highest BCUT2D eigenvalue weighted by Crippen LogP contribution is 2.41. The third-order valence-corrected chi connectivity index (χ3v) is 16.6. The van der Waals surface area contributed by atoms with Crippen molar-refractivity contribution < 1.29 is 39.6 Å². The summed E-state index contributed by atoms with van der Waals surface area (Å²) in [4.78, 5) is 41.0. The van der Waals surface area contributed by atoms with Gasteiger partial charge in [0.1, 0.15) is 0 Å². The Kier molecular flexibility index (Phi) is 14.4. The monoisotopic (exact) mass is 1030 g/mol. The standard InChI is InChI=1S/C47H64F3N13O6S2/c1-5-55-28-38-30-60(31-39(38)29-55)41-23-35(7-6-33(41)2)25-56-14-18-59(19-15-56)46(65)63-13-11-44(52-63)54-71(68,69)32-37-22-34(3)61(27-37)42-24-36(8-9-40(42)47(48,49)50)26-57-16-20-58(21-17-57)45(64)62-12-10-43(51-62)53-70(4,66)67/h6-13,23-24,34,37-39H,5,14-22,25-32H2,1-4H3,(H,51,53)(H,52,54)/t34-,37?,38?,39?/m1/s1. The number of sulfonamides is 2. The summed E-state index contributed by atoms with van der Waals surface area (Å²) in [5, 5.41) is 8.26. The van der Waals surface area contributed by atoms with E-state index in [9.17, 15) is 39.6 Å². The van der Waals surface area contributed by atoms with Crippen molar-refractivity contribution in [1.29, 1.82) is 0 Å². The molecule has 5 saturated heterocycles. The van der Waals surface area contributed by atoms with E-state index in [1.54, 1.807) is 21.6 Å². The maximum Gasteiger partial charge on any atom is 0.418 e. The van der Waals surface area contributed by atoms with Gasteiger partial charge in [-0.3, -0.25) is 19.2 Å². The van der Waals surface area contributed by atoms with Crippen LogP contribution in [0.4, 0.5) is 45.8 Å². The predicted octanol–water partition coefficient (Wildman–Crippen LogP) is 4.39. The number of hydrogen-bond donors (Lipinski definition) is 2. The molecule has 0 aliphatic carbocycles. The van der Waals surface area contributed by atoms with Gasteiger partial charge in [0.05, 0.1) is 17.6 Å². The second-order valence-corrected chi connectivity index (χ2v) is 23.5. The number of fused-ring (bicyclic) bond motifs is 1. The normalized spacial score (nSPS) is 22.9. The number of aromatic nitrogens is 4. The molecule has 7 heterocycles. The number of benzene rings is 2. The van der Waals surface area contributed by atoms with Crippen molar-refractivity contribution in [2.75, 3.05) is 123 Å². The Labute approximate surface area is 413 Å². The lowest BCUT2D eigenvalue weighted by Crippen LogP contribution is -2.49. The van der Waals surface area contributed by atoms with Crippen molar-refractivity contribution >= 4 is 55.1 Å². The van der Waals surface area contributed by atoms with E-state index in [1.165, 1.54) is 66.6 Å². The number of alkyl halides is 3. The van der Waals surface area contributed by atoms with Gasteiger partial charge in [-0.15, -0.1) is 10.2 Å². The number of hydrogen-bond acceptors (Lipinski definition) is 13. The van der Waals surface area contributed by atoms with E-state index < -0.39 is 49.8 Å². The van der Waals surface area contributed by atoms with Crippen LogP contribution in [0, 0.1) is 24.7 Å². The third kappa shape index (κ3) is 11.9. The average molecular weight is 1030 g/mol. The fraction of sp³-hybridized carbons (Fsp3) is 0.574. The van der Waals surface area contributed by atoms with Crippen LogP contribution in [-0.2, 0) is 39.3 Å². The quantitative estimate of drug-likeness (QED) is 0.193. The van der Waals surface area contributed by atoms with Gasteiger partial charge >= 0.3 is 18.2 Å². The van der Waals surface area contributed by atoms with Crippen LogP contribution in [0.2, 0.25) is 0 Å². The molecule has 5 aliphatic heterocycles. The minimum atomic E-state index is -4.66. The zero-order valence-corrected chi connectivity index (χ0v) is 42.3. The van der Waals surface area contributed by atoms with Gasteiger partial charge in [0.15, 0.2) is 11.6 Å². The average Bonchev–Trinajstić information content (AvgIpc) is 4.17. The van der Waals surface area contributed by atoms with E-state index >= 15 is 0 Å². The SMILES string of the molecule is CCN1CC2CN(c3cc(CN4CCN(C(=O)n5ccc(NS(=O)(=O)CC6C[C@@H](C)N(c7cc(CN8CCN(C(=O)n9ccc(NS(C)(=O)=O)n9)CC8)ccc7C(F)(F)F)C6)n5)CC4)ccc3C)CC2C1. The van der Waals surface area contributed by atoms with Gasteiger partial charge in [0.2, 0.25) is 20.0 Å². The Bertz CT molecular complexity index is 2800. The smallest absolute Gasteiger partial charge is 0.371 e. The summed E-state index contributed by atoms with van der Waals surface area (Å²) in [5.41, 5.74) is 3.65. The Morgan fingerprint density at radius 1 is 0.690 bits per heavy atom. The molecule has 4 aromatic rings. The molecule has 0 bridgehead atoms. The van der Waals surface area contributed by atoms with Crippen LogP contribution in [0.25, 0.3) is 0 Å². The fourth-order valence-corrected chi connectivity index (χ4v) is 12.9. The van der Waals surface area contributed by atoms with Gasteiger partial charge in [-0.25, -0.2) is 26.4 Å². The number of halogens is 3. The number of nitrogens with one attached hydrogen (secondary N) is 2. The van der Waals surface area contributed by atoms with Crippen molar-refractivity contribution in [2.45, 2.75) is 52.5 Å². The van der Waals surface area contributed by atoms with Crippen molar-refractivity contribution in [3.05, 3.63) is 83.2 Å². The molecule has 71 heavy (non-hydrogen) atoms. The Morgan fingerprint density at radius 2 is 1.21 bits per heavy atom. The zero-order valence-electron chi connectivity index (χ0n) is 40.6. The lowest BCUT2D eigenvalue weighted by atomic mass is 10.0. The van der Waals surface area contributed by atoms with Crippen LogP contribution < -0.4 is 19.2 Å². The van der Waals surface area contributed by atoms with Crippen molar-refractivity contribution in [1.82, 2.24) is 44.1 Å². The molecule has 5 fully saturated rings. The molecular formula is C47H64F3N13O6S2. The second kappa shape index (κ2) is 20.2. The minimum absolute atomic E-state index is 0.0121. The molecule has 2 N–H and O–H groups in total. The molecule has 19 nitrogen and oxygen atoms in total. The van der Waals surface area contributed by atoms with Crippen LogP contribution in [-0.4, -0.2) is 183 Å². The molecule has 0 spiro atoms. The first kappa shape index (κ1) is 50.5. The van der Waals surface area contributed by atoms with Crippen LogP contribution in [0.1, 0.15) is 42.5 Å². The Balaban J connectivity index is 0.753. The fourth-order valence-electron chi connectivity index (χ4n) is 11.1. The summed E-state index contributed by atoms with van der Waals surface area (Å²) in [5.74, 6) is 0.586. The lowest BCUT2D eigenvalue weighted by molar-refractivity contribution is -0.137. The molecule has 24 heteroatoms. The molecule has 9 rings (SSSR count). The lowest BCUT2D eigenvalue weighted by Gasteiger charge is -2.35. The molecule has 0 saturated carbocycles. The highest BCUT2D eigenvalue weighted by Gasteiger charge is 2.41. The summed E-state index contributed by atoms with van der Waals surface area (Å²) < 4.78 is 101. The number of piperazine rings is 2. The number of carbonyl (C=O) groups is 2. The molecule has 4 atom stereocenters. The maximum atomic E-state index is 14.5. The molecule has 2 amide bonds. The summed E-state index contributed by atoms with van der Waals surface area (Å²) in [7, 11) is -7.59. The van der Waals surface area contributed by atoms with Gasteiger partial charge in [-0.2, -0.15) is 22.5 Å². The largest absolute Gasteiger partial charge is 0.418 e. The van der Waals surface area contributed by atoms with E-state index in [2.05, 4.69) is 66.4 Å². The molecule has 2 aromatic carbocycles. The predicted molar refractivity (Wildman–Crippen MR) is 264 cm³/mol.